The lowest BCUT2D eigenvalue weighted by molar-refractivity contribution is 0.535. The van der Waals surface area contributed by atoms with E-state index in [-0.39, 0.29) is 0 Å². The Bertz CT molecular complexity index is 871. The number of hydrogen-bond donors (Lipinski definition) is 0. The first-order chi connectivity index (χ1) is 16.1. The largest absolute Gasteiger partial charge is 0.759 e. The molecule has 2 nitrogen and oxygen atoms in total. The smallest absolute Gasteiger partial charge is 0.0998 e. The SMILES string of the molecule is CCCCCCCCCCCCCCCCc1c(C)nc([S-])c(C#N)c1-c1ccc(Cl)cc1. The number of nitrogens with zero attached hydrogens (tertiary/aromatic N) is 2. The fourth-order valence-corrected chi connectivity index (χ4v) is 4.97. The van der Waals surface area contributed by atoms with E-state index in [1.54, 1.807) is 0 Å². The molecule has 0 saturated carbocycles. The van der Waals surface area contributed by atoms with Gasteiger partial charge >= 0.3 is 0 Å². The third kappa shape index (κ3) is 9.63. The number of pyridine rings is 1. The van der Waals surface area contributed by atoms with E-state index in [2.05, 4.69) is 18.0 Å². The average Bonchev–Trinajstić information content (AvgIpc) is 2.80. The molecule has 0 aliphatic rings. The Morgan fingerprint density at radius 1 is 0.818 bits per heavy atom. The zero-order chi connectivity index (χ0) is 23.9. The molecule has 0 bridgehead atoms. The second-order valence-electron chi connectivity index (χ2n) is 9.20. The molecule has 0 N–H and O–H groups in total. The van der Waals surface area contributed by atoms with Crippen molar-refractivity contribution >= 4 is 24.2 Å². The topological polar surface area (TPSA) is 36.7 Å². The number of aryl methyl sites for hydroxylation is 1. The van der Waals surface area contributed by atoms with E-state index in [1.807, 2.05) is 31.2 Å². The summed E-state index contributed by atoms with van der Waals surface area (Å²) in [6, 6.07) is 9.98. The van der Waals surface area contributed by atoms with E-state index in [4.69, 9.17) is 24.2 Å². The minimum Gasteiger partial charge on any atom is -0.759 e. The van der Waals surface area contributed by atoms with Gasteiger partial charge in [-0.2, -0.15) is 5.26 Å². The second-order valence-corrected chi connectivity index (χ2v) is 10.0. The quantitative estimate of drug-likeness (QED) is 0.176. The predicted octanol–water partition coefficient (Wildman–Crippen LogP) is 9.51. The average molecular weight is 484 g/mol. The zero-order valence-corrected chi connectivity index (χ0v) is 22.2. The lowest BCUT2D eigenvalue weighted by atomic mass is 9.91. The van der Waals surface area contributed by atoms with E-state index < -0.39 is 0 Å². The minimum atomic E-state index is 0.393. The molecular weight excluding hydrogens is 444 g/mol. The van der Waals surface area contributed by atoms with E-state index in [0.29, 0.717) is 15.6 Å². The summed E-state index contributed by atoms with van der Waals surface area (Å²) in [7, 11) is 0. The van der Waals surface area contributed by atoms with Crippen LogP contribution in [0.2, 0.25) is 5.02 Å². The molecule has 0 saturated heterocycles. The summed E-state index contributed by atoms with van der Waals surface area (Å²) in [4.78, 5) is 4.50. The van der Waals surface area contributed by atoms with Crippen LogP contribution in [0, 0.1) is 18.3 Å². The summed E-state index contributed by atoms with van der Waals surface area (Å²) in [5.41, 5.74) is 4.55. The molecule has 0 fully saturated rings. The predicted molar refractivity (Wildman–Crippen MR) is 144 cm³/mol. The fourth-order valence-electron chi connectivity index (χ4n) is 4.56. The van der Waals surface area contributed by atoms with Crippen LogP contribution in [-0.4, -0.2) is 4.98 Å². The molecule has 0 unspecified atom stereocenters. The van der Waals surface area contributed by atoms with Crippen LogP contribution in [0.5, 0.6) is 0 Å². The van der Waals surface area contributed by atoms with Crippen molar-refractivity contribution in [3.63, 3.8) is 0 Å². The van der Waals surface area contributed by atoms with Gasteiger partial charge in [-0.25, -0.2) is 0 Å². The van der Waals surface area contributed by atoms with Crippen LogP contribution in [-0.2, 0) is 19.0 Å². The molecule has 0 amide bonds. The Kier molecular flexibility index (Phi) is 13.5. The molecule has 33 heavy (non-hydrogen) atoms. The molecule has 180 valence electrons. The molecule has 4 heteroatoms. The Labute approximate surface area is 212 Å². The molecule has 2 aromatic rings. The number of aromatic nitrogens is 1. The first-order valence-corrected chi connectivity index (χ1v) is 13.7. The molecule has 1 aromatic carbocycles. The van der Waals surface area contributed by atoms with Crippen LogP contribution in [0.25, 0.3) is 11.1 Å². The van der Waals surface area contributed by atoms with Gasteiger partial charge in [0.1, 0.15) is 0 Å². The van der Waals surface area contributed by atoms with Crippen molar-refractivity contribution in [2.24, 2.45) is 0 Å². The van der Waals surface area contributed by atoms with E-state index in [9.17, 15) is 5.26 Å². The number of nitriles is 1. The Hall–Kier alpha value is -1.63. The van der Waals surface area contributed by atoms with E-state index in [1.165, 1.54) is 83.5 Å². The highest BCUT2D eigenvalue weighted by Gasteiger charge is 2.15. The van der Waals surface area contributed by atoms with Gasteiger partial charge in [-0.3, -0.25) is 4.98 Å². The van der Waals surface area contributed by atoms with Crippen molar-refractivity contribution in [3.05, 3.63) is 46.1 Å². The van der Waals surface area contributed by atoms with Gasteiger partial charge in [0.25, 0.3) is 0 Å². The van der Waals surface area contributed by atoms with Gasteiger partial charge in [0, 0.05) is 16.3 Å². The normalized spacial score (nSPS) is 11.0. The maximum absolute atomic E-state index is 9.74. The summed E-state index contributed by atoms with van der Waals surface area (Å²) < 4.78 is 0. The third-order valence-corrected chi connectivity index (χ3v) is 7.04. The van der Waals surface area contributed by atoms with Gasteiger partial charge in [0.15, 0.2) is 0 Å². The maximum Gasteiger partial charge on any atom is 0.0998 e. The number of hydrogen-bond acceptors (Lipinski definition) is 3. The van der Waals surface area contributed by atoms with Crippen molar-refractivity contribution in [2.75, 3.05) is 0 Å². The van der Waals surface area contributed by atoms with Crippen LogP contribution in [0.4, 0.5) is 0 Å². The van der Waals surface area contributed by atoms with Gasteiger partial charge in [-0.15, -0.1) is 0 Å². The molecule has 1 heterocycles. The lowest BCUT2D eigenvalue weighted by Crippen LogP contribution is -2.03. The van der Waals surface area contributed by atoms with Gasteiger partial charge in [-0.05, 0) is 43.0 Å². The van der Waals surface area contributed by atoms with Crippen LogP contribution < -0.4 is 0 Å². The monoisotopic (exact) mass is 483 g/mol. The van der Waals surface area contributed by atoms with Gasteiger partial charge in [0.2, 0.25) is 0 Å². The van der Waals surface area contributed by atoms with Gasteiger partial charge in [-0.1, -0.05) is 119 Å². The molecule has 2 rings (SSSR count). The summed E-state index contributed by atoms with van der Waals surface area (Å²) in [5, 5.41) is 10.8. The summed E-state index contributed by atoms with van der Waals surface area (Å²) in [6.07, 6.45) is 19.8. The standard InChI is InChI=1S/C29H41ClN2S/c1-3-4-5-6-7-8-9-10-11-12-13-14-15-16-17-26-23(2)32-29(33)27(22-31)28(26)24-18-20-25(30)21-19-24/h18-21H,3-17H2,1-2H3,(H,32,33)/p-1. The van der Waals surface area contributed by atoms with Crippen LogP contribution in [0.3, 0.4) is 0 Å². The van der Waals surface area contributed by atoms with E-state index in [0.717, 1.165) is 35.2 Å². The van der Waals surface area contributed by atoms with Crippen LogP contribution >= 0.6 is 11.6 Å². The number of rotatable bonds is 16. The summed E-state index contributed by atoms with van der Waals surface area (Å²) >= 11 is 11.5. The zero-order valence-electron chi connectivity index (χ0n) is 20.6. The first-order valence-electron chi connectivity index (χ1n) is 12.9. The van der Waals surface area contributed by atoms with Crippen molar-refractivity contribution in [3.8, 4) is 17.2 Å². The Morgan fingerprint density at radius 2 is 1.30 bits per heavy atom. The molecule has 0 spiro atoms. The van der Waals surface area contributed by atoms with Crippen LogP contribution in [0.15, 0.2) is 29.3 Å². The first kappa shape index (κ1) is 27.6. The van der Waals surface area contributed by atoms with Crippen molar-refractivity contribution in [1.29, 1.82) is 5.26 Å². The maximum atomic E-state index is 9.74. The number of unbranched alkanes of at least 4 members (excludes halogenated alkanes) is 13. The van der Waals surface area contributed by atoms with Gasteiger partial charge < -0.3 is 12.6 Å². The van der Waals surface area contributed by atoms with Crippen LogP contribution in [0.1, 0.15) is 114 Å². The highest BCUT2D eigenvalue weighted by molar-refractivity contribution is 7.58. The molecular formula is C29H40ClN2S-. The molecule has 0 atom stereocenters. The third-order valence-electron chi connectivity index (χ3n) is 6.50. The molecule has 0 aliphatic carbocycles. The highest BCUT2D eigenvalue weighted by Crippen LogP contribution is 2.33. The molecule has 0 radical (unpaired) electrons. The summed E-state index contributed by atoms with van der Waals surface area (Å²) in [6.45, 7) is 4.29. The lowest BCUT2D eigenvalue weighted by Gasteiger charge is -2.20. The minimum absolute atomic E-state index is 0.393. The summed E-state index contributed by atoms with van der Waals surface area (Å²) in [5.74, 6) is 0. The highest BCUT2D eigenvalue weighted by atomic mass is 35.5. The van der Waals surface area contributed by atoms with Crippen molar-refractivity contribution < 1.29 is 0 Å². The Morgan fingerprint density at radius 3 is 1.79 bits per heavy atom. The van der Waals surface area contributed by atoms with E-state index >= 15 is 0 Å². The second kappa shape index (κ2) is 16.1. The molecule has 1 aromatic heterocycles. The fraction of sp³-hybridized carbons (Fsp3) is 0.586. The molecule has 0 aliphatic heterocycles. The number of halogens is 1. The number of benzene rings is 1. The van der Waals surface area contributed by atoms with Gasteiger partial charge in [0.05, 0.1) is 11.6 Å². The Balaban J connectivity index is 1.75. The van der Waals surface area contributed by atoms with Crippen molar-refractivity contribution in [2.45, 2.75) is 115 Å². The van der Waals surface area contributed by atoms with Crippen molar-refractivity contribution in [1.82, 2.24) is 4.98 Å².